The zero-order chi connectivity index (χ0) is 9.84. The quantitative estimate of drug-likeness (QED) is 0.728. The number of aromatic hydroxyl groups is 1. The number of hydrogen-bond acceptors (Lipinski definition) is 3. The summed E-state index contributed by atoms with van der Waals surface area (Å²) >= 11 is 0. The molecule has 1 unspecified atom stereocenters. The molecule has 0 radical (unpaired) electrons. The van der Waals surface area contributed by atoms with Crippen molar-refractivity contribution >= 4 is 5.78 Å². The van der Waals surface area contributed by atoms with E-state index in [2.05, 4.69) is 0 Å². The lowest BCUT2D eigenvalue weighted by molar-refractivity contribution is -0.118. The largest absolute Gasteiger partial charge is 0.508 e. The summed E-state index contributed by atoms with van der Waals surface area (Å²) in [5.41, 5.74) is 6.31. The van der Waals surface area contributed by atoms with Gasteiger partial charge in [0.15, 0.2) is 0 Å². The monoisotopic (exact) mass is 179 g/mol. The average molecular weight is 179 g/mol. The summed E-state index contributed by atoms with van der Waals surface area (Å²) in [5.74, 6) is -0.00290. The highest BCUT2D eigenvalue weighted by Gasteiger charge is 2.13. The van der Waals surface area contributed by atoms with Crippen molar-refractivity contribution in [1.29, 1.82) is 0 Å². The second kappa shape index (κ2) is 4.05. The van der Waals surface area contributed by atoms with Gasteiger partial charge in [0, 0.05) is 6.54 Å². The molecule has 0 amide bonds. The third-order valence-electron chi connectivity index (χ3n) is 2.02. The number of carbonyl (C=O) groups is 1. The number of ketones is 1. The Hall–Kier alpha value is -1.35. The summed E-state index contributed by atoms with van der Waals surface area (Å²) in [6.07, 6.45) is 0. The first-order chi connectivity index (χ1) is 6.15. The van der Waals surface area contributed by atoms with Gasteiger partial charge in [0.05, 0.1) is 5.92 Å². The van der Waals surface area contributed by atoms with Crippen LogP contribution in [-0.4, -0.2) is 17.4 Å². The molecule has 3 nitrogen and oxygen atoms in total. The van der Waals surface area contributed by atoms with Crippen molar-refractivity contribution in [3.63, 3.8) is 0 Å². The van der Waals surface area contributed by atoms with Crippen LogP contribution in [0.25, 0.3) is 0 Å². The smallest absolute Gasteiger partial charge is 0.138 e. The minimum absolute atomic E-state index is 0.0492. The molecule has 0 fully saturated rings. The first-order valence-electron chi connectivity index (χ1n) is 4.14. The Morgan fingerprint density at radius 1 is 1.46 bits per heavy atom. The van der Waals surface area contributed by atoms with E-state index >= 15 is 0 Å². The average Bonchev–Trinajstić information content (AvgIpc) is 2.09. The lowest BCUT2D eigenvalue weighted by Gasteiger charge is -2.10. The minimum Gasteiger partial charge on any atom is -0.508 e. The summed E-state index contributed by atoms with van der Waals surface area (Å²) in [5, 5.41) is 9.03. The highest BCUT2D eigenvalue weighted by atomic mass is 16.3. The van der Waals surface area contributed by atoms with Gasteiger partial charge in [-0.05, 0) is 24.6 Å². The van der Waals surface area contributed by atoms with Crippen LogP contribution in [0.5, 0.6) is 5.75 Å². The topological polar surface area (TPSA) is 63.3 Å². The maximum absolute atomic E-state index is 11.1. The van der Waals surface area contributed by atoms with Gasteiger partial charge in [-0.25, -0.2) is 0 Å². The van der Waals surface area contributed by atoms with E-state index in [1.807, 2.05) is 0 Å². The molecular formula is C10H13NO2. The molecular weight excluding hydrogens is 166 g/mol. The van der Waals surface area contributed by atoms with Crippen LogP contribution in [0.1, 0.15) is 18.4 Å². The zero-order valence-corrected chi connectivity index (χ0v) is 7.53. The fourth-order valence-corrected chi connectivity index (χ4v) is 1.24. The highest BCUT2D eigenvalue weighted by molar-refractivity contribution is 5.83. The van der Waals surface area contributed by atoms with Crippen molar-refractivity contribution in [1.82, 2.24) is 0 Å². The van der Waals surface area contributed by atoms with Crippen molar-refractivity contribution in [2.75, 3.05) is 6.54 Å². The van der Waals surface area contributed by atoms with Crippen LogP contribution in [0.4, 0.5) is 0 Å². The van der Waals surface area contributed by atoms with E-state index in [9.17, 15) is 4.79 Å². The Labute approximate surface area is 77.2 Å². The lowest BCUT2D eigenvalue weighted by Crippen LogP contribution is -2.19. The number of benzene rings is 1. The molecule has 0 aliphatic carbocycles. The van der Waals surface area contributed by atoms with Gasteiger partial charge in [0.1, 0.15) is 11.5 Å². The standard InChI is InChI=1S/C10H13NO2/c1-7(12)10(6-11)8-2-4-9(13)5-3-8/h2-5,10,13H,6,11H2,1H3. The van der Waals surface area contributed by atoms with E-state index in [-0.39, 0.29) is 17.5 Å². The van der Waals surface area contributed by atoms with Gasteiger partial charge in [-0.15, -0.1) is 0 Å². The highest BCUT2D eigenvalue weighted by Crippen LogP contribution is 2.18. The van der Waals surface area contributed by atoms with Crippen LogP contribution in [0, 0.1) is 0 Å². The Kier molecular flexibility index (Phi) is 3.03. The summed E-state index contributed by atoms with van der Waals surface area (Å²) in [6, 6.07) is 6.55. The molecule has 70 valence electrons. The van der Waals surface area contributed by atoms with Crippen LogP contribution >= 0.6 is 0 Å². The summed E-state index contributed by atoms with van der Waals surface area (Å²) in [7, 11) is 0. The van der Waals surface area contributed by atoms with Crippen molar-refractivity contribution in [2.45, 2.75) is 12.8 Å². The summed E-state index contributed by atoms with van der Waals surface area (Å²) in [6.45, 7) is 1.82. The van der Waals surface area contributed by atoms with E-state index in [0.29, 0.717) is 6.54 Å². The Balaban J connectivity index is 2.92. The molecule has 1 rings (SSSR count). The molecule has 1 atom stereocenters. The minimum atomic E-state index is -0.249. The molecule has 0 spiro atoms. The Morgan fingerprint density at radius 2 is 2.00 bits per heavy atom. The van der Waals surface area contributed by atoms with Gasteiger partial charge in [0.2, 0.25) is 0 Å². The van der Waals surface area contributed by atoms with Gasteiger partial charge in [0.25, 0.3) is 0 Å². The van der Waals surface area contributed by atoms with Crippen molar-refractivity contribution in [3.05, 3.63) is 29.8 Å². The number of rotatable bonds is 3. The lowest BCUT2D eigenvalue weighted by atomic mass is 9.96. The van der Waals surface area contributed by atoms with Crippen LogP contribution in [0.15, 0.2) is 24.3 Å². The predicted molar refractivity (Wildman–Crippen MR) is 50.6 cm³/mol. The number of Topliss-reactive ketones (excluding diaryl/α,β-unsaturated/α-hetero) is 1. The maximum atomic E-state index is 11.1. The number of phenols is 1. The van der Waals surface area contributed by atoms with Crippen molar-refractivity contribution in [3.8, 4) is 5.75 Å². The van der Waals surface area contributed by atoms with Crippen molar-refractivity contribution in [2.24, 2.45) is 5.73 Å². The Bertz CT molecular complexity index is 292. The molecule has 0 bridgehead atoms. The molecule has 0 saturated heterocycles. The van der Waals surface area contributed by atoms with Crippen molar-refractivity contribution < 1.29 is 9.90 Å². The van der Waals surface area contributed by atoms with Crippen LogP contribution < -0.4 is 5.73 Å². The summed E-state index contributed by atoms with van der Waals surface area (Å²) in [4.78, 5) is 11.1. The van der Waals surface area contributed by atoms with Gasteiger partial charge in [-0.2, -0.15) is 0 Å². The van der Waals surface area contributed by atoms with E-state index < -0.39 is 0 Å². The van der Waals surface area contributed by atoms with Gasteiger partial charge in [-0.1, -0.05) is 12.1 Å². The SMILES string of the molecule is CC(=O)C(CN)c1ccc(O)cc1. The van der Waals surface area contributed by atoms with E-state index in [1.165, 1.54) is 6.92 Å². The third kappa shape index (κ3) is 2.29. The molecule has 13 heavy (non-hydrogen) atoms. The number of hydrogen-bond donors (Lipinski definition) is 2. The van der Waals surface area contributed by atoms with Crippen LogP contribution in [-0.2, 0) is 4.79 Å². The molecule has 3 N–H and O–H groups in total. The molecule has 0 aliphatic rings. The van der Waals surface area contributed by atoms with Crippen LogP contribution in [0.2, 0.25) is 0 Å². The van der Waals surface area contributed by atoms with E-state index in [4.69, 9.17) is 10.8 Å². The fourth-order valence-electron chi connectivity index (χ4n) is 1.24. The second-order valence-electron chi connectivity index (χ2n) is 2.99. The van der Waals surface area contributed by atoms with Gasteiger partial charge in [-0.3, -0.25) is 4.79 Å². The molecule has 0 aromatic heterocycles. The summed E-state index contributed by atoms with van der Waals surface area (Å²) < 4.78 is 0. The molecule has 1 aromatic carbocycles. The zero-order valence-electron chi connectivity index (χ0n) is 7.53. The first kappa shape index (κ1) is 9.74. The maximum Gasteiger partial charge on any atom is 0.138 e. The van der Waals surface area contributed by atoms with E-state index in [1.54, 1.807) is 24.3 Å². The van der Waals surface area contributed by atoms with Crippen LogP contribution in [0.3, 0.4) is 0 Å². The van der Waals surface area contributed by atoms with Gasteiger partial charge < -0.3 is 10.8 Å². The predicted octanol–water partition coefficient (Wildman–Crippen LogP) is 1.02. The fraction of sp³-hybridized carbons (Fsp3) is 0.300. The molecule has 0 aliphatic heterocycles. The number of phenolic OH excluding ortho intramolecular Hbond substituents is 1. The second-order valence-corrected chi connectivity index (χ2v) is 2.99. The molecule has 1 aromatic rings. The molecule has 0 heterocycles. The Morgan fingerprint density at radius 3 is 2.38 bits per heavy atom. The van der Waals surface area contributed by atoms with Gasteiger partial charge >= 0.3 is 0 Å². The normalized spacial score (nSPS) is 12.5. The van der Waals surface area contributed by atoms with E-state index in [0.717, 1.165) is 5.56 Å². The molecule has 3 heteroatoms. The number of nitrogens with two attached hydrogens (primary N) is 1. The molecule has 0 saturated carbocycles. The number of carbonyl (C=O) groups excluding carboxylic acids is 1. The first-order valence-corrected chi connectivity index (χ1v) is 4.14. The third-order valence-corrected chi connectivity index (χ3v) is 2.02.